The van der Waals surface area contributed by atoms with Crippen molar-refractivity contribution in [2.45, 2.75) is 79.3 Å². The number of rotatable bonds is 20. The maximum absolute atomic E-state index is 5.86. The van der Waals surface area contributed by atoms with E-state index >= 15 is 0 Å². The zero-order valence-corrected chi connectivity index (χ0v) is 30.8. The van der Waals surface area contributed by atoms with Gasteiger partial charge >= 0.3 is 17.6 Å². The van der Waals surface area contributed by atoms with Gasteiger partial charge in [0.05, 0.1) is 36.4 Å². The molecule has 0 N–H and O–H groups in total. The van der Waals surface area contributed by atoms with Gasteiger partial charge in [-0.05, 0) is 67.2 Å². The molecule has 2 heterocycles. The van der Waals surface area contributed by atoms with Crippen LogP contribution in [0.1, 0.15) is 67.2 Å². The third kappa shape index (κ3) is 15.8. The summed E-state index contributed by atoms with van der Waals surface area (Å²) in [4.78, 5) is 6.52. The summed E-state index contributed by atoms with van der Waals surface area (Å²) in [7, 11) is -5.03. The average Bonchev–Trinajstić information content (AvgIpc) is 2.99. The average molecular weight is 671 g/mol. The lowest BCUT2D eigenvalue weighted by Crippen LogP contribution is -2.46. The summed E-state index contributed by atoms with van der Waals surface area (Å²) in [6, 6.07) is 1.65. The molecule has 2 aliphatic rings. The molecule has 248 valence electrons. The highest BCUT2D eigenvalue weighted by Crippen LogP contribution is 2.21. The molecule has 14 heteroatoms. The smallest absolute Gasteiger partial charge is 0.378 e. The lowest BCUT2D eigenvalue weighted by Gasteiger charge is -2.31. The number of thiocarbonyl (C=S) groups is 2. The van der Waals surface area contributed by atoms with Gasteiger partial charge in [-0.1, -0.05) is 24.4 Å². The van der Waals surface area contributed by atoms with Gasteiger partial charge in [-0.25, -0.2) is 0 Å². The maximum atomic E-state index is 5.86. The Morgan fingerprint density at radius 3 is 1.02 bits per heavy atom. The first-order chi connectivity index (χ1) is 20.3. The van der Waals surface area contributed by atoms with E-state index < -0.39 is 17.6 Å². The Kier molecular flexibility index (Phi) is 23.0. The molecule has 0 saturated carbocycles. The number of hydrogen-bond donors (Lipinski definition) is 0. The second kappa shape index (κ2) is 24.2. The van der Waals surface area contributed by atoms with E-state index in [0.717, 1.165) is 100 Å². The van der Waals surface area contributed by atoms with Crippen LogP contribution in [0.3, 0.4) is 0 Å². The number of ether oxygens (including phenoxy) is 2. The van der Waals surface area contributed by atoms with Crippen molar-refractivity contribution in [1.82, 2.24) is 9.80 Å². The fourth-order valence-corrected chi connectivity index (χ4v) is 10.7. The molecule has 0 atom stereocenters. The van der Waals surface area contributed by atoms with Crippen molar-refractivity contribution in [3.63, 3.8) is 0 Å². The van der Waals surface area contributed by atoms with Gasteiger partial charge in [-0.3, -0.25) is 0 Å². The molecule has 42 heavy (non-hydrogen) atoms. The van der Waals surface area contributed by atoms with Gasteiger partial charge in [0.2, 0.25) is 0 Å². The molecule has 10 nitrogen and oxygen atoms in total. The Bertz CT molecular complexity index is 625. The molecule has 0 spiro atoms. The van der Waals surface area contributed by atoms with Crippen LogP contribution in [0.25, 0.3) is 0 Å². The van der Waals surface area contributed by atoms with Crippen LogP contribution in [0.4, 0.5) is 0 Å². The largest absolute Gasteiger partial charge is 0.500 e. The van der Waals surface area contributed by atoms with E-state index in [2.05, 4.69) is 9.80 Å². The van der Waals surface area contributed by atoms with E-state index in [1.807, 2.05) is 41.5 Å². The van der Waals surface area contributed by atoms with E-state index in [9.17, 15) is 0 Å². The first kappa shape index (κ1) is 39.9. The van der Waals surface area contributed by atoms with Gasteiger partial charge in [0, 0.05) is 77.9 Å². The molecular weight excluding hydrogens is 613 g/mol. The molecule has 0 aliphatic carbocycles. The van der Waals surface area contributed by atoms with Crippen LogP contribution in [-0.2, 0) is 36.0 Å². The summed E-state index contributed by atoms with van der Waals surface area (Å²) in [6.45, 7) is 22.4. The van der Waals surface area contributed by atoms with Crippen molar-refractivity contribution in [1.29, 1.82) is 0 Å². The third-order valence-corrected chi connectivity index (χ3v) is 13.9. The van der Waals surface area contributed by atoms with Crippen LogP contribution >= 0.6 is 24.4 Å². The summed E-state index contributed by atoms with van der Waals surface area (Å²) >= 11 is 11.0. The fourth-order valence-electron chi connectivity index (χ4n) is 4.86. The van der Waals surface area contributed by atoms with Gasteiger partial charge in [0.1, 0.15) is 0 Å². The van der Waals surface area contributed by atoms with Crippen molar-refractivity contribution in [3.8, 4) is 0 Å². The van der Waals surface area contributed by atoms with E-state index in [-0.39, 0.29) is 0 Å². The topological polar surface area (TPSA) is 80.3 Å². The minimum Gasteiger partial charge on any atom is -0.378 e. The van der Waals surface area contributed by atoms with Crippen molar-refractivity contribution in [2.24, 2.45) is 0 Å². The Balaban J connectivity index is 0.000000420. The molecule has 0 aromatic carbocycles. The predicted octanol–water partition coefficient (Wildman–Crippen LogP) is 4.95. The minimum absolute atomic E-state index is 0.625. The Hall–Kier alpha value is -0.106. The molecule has 0 amide bonds. The minimum atomic E-state index is -2.51. The first-order valence-corrected chi connectivity index (χ1v) is 20.6. The monoisotopic (exact) mass is 670 g/mol. The molecule has 2 saturated heterocycles. The molecule has 0 aromatic rings. The highest BCUT2D eigenvalue weighted by molar-refractivity contribution is 7.80. The van der Waals surface area contributed by atoms with Crippen molar-refractivity contribution in [3.05, 3.63) is 0 Å². The quantitative estimate of drug-likeness (QED) is 0.130. The molecule has 2 aliphatic heterocycles. The van der Waals surface area contributed by atoms with Crippen LogP contribution in [-0.4, -0.2) is 130 Å². The normalized spacial score (nSPS) is 16.2. The summed E-state index contributed by atoms with van der Waals surface area (Å²) < 4.78 is 45.8. The molecule has 0 bridgehead atoms. The van der Waals surface area contributed by atoms with Gasteiger partial charge < -0.3 is 45.8 Å². The maximum Gasteiger partial charge on any atom is 0.500 e. The fraction of sp³-hybridized carbons (Fsp3) is 0.929. The zero-order chi connectivity index (χ0) is 31.1. The first-order valence-electron chi connectivity index (χ1n) is 15.9. The number of nitrogens with zero attached hydrogens (tertiary/aromatic N) is 2. The second-order valence-corrected chi connectivity index (χ2v) is 16.1. The predicted molar refractivity (Wildman–Crippen MR) is 179 cm³/mol. The van der Waals surface area contributed by atoms with E-state index in [0.29, 0.717) is 39.6 Å². The van der Waals surface area contributed by atoms with Crippen LogP contribution < -0.4 is 0 Å². The summed E-state index contributed by atoms with van der Waals surface area (Å²) in [5.74, 6) is 0. The Morgan fingerprint density at radius 2 is 0.786 bits per heavy atom. The third-order valence-electron chi connectivity index (χ3n) is 6.66. The van der Waals surface area contributed by atoms with Crippen LogP contribution in [0.5, 0.6) is 0 Å². The highest BCUT2D eigenvalue weighted by atomic mass is 32.1. The summed E-state index contributed by atoms with van der Waals surface area (Å²) in [5, 5.41) is 0. The van der Waals surface area contributed by atoms with E-state index in [4.69, 9.17) is 60.5 Å². The van der Waals surface area contributed by atoms with Gasteiger partial charge in [0.15, 0.2) is 0 Å². The standard InChI is InChI=1S/2C14H29NO4SSi/c2*1-4-17-21(18-5-2,19-6-3)13-7-8-14(20)15-9-11-16-12-10-15/h2*4-13H2,1-3H3. The number of hydrogen-bond acceptors (Lipinski definition) is 10. The van der Waals surface area contributed by atoms with E-state index in [1.54, 1.807) is 0 Å². The van der Waals surface area contributed by atoms with Crippen molar-refractivity contribution >= 4 is 52.0 Å². The van der Waals surface area contributed by atoms with Crippen LogP contribution in [0.2, 0.25) is 12.1 Å². The molecule has 0 unspecified atom stereocenters. The number of morpholine rings is 2. The lowest BCUT2D eigenvalue weighted by molar-refractivity contribution is 0.0669. The second-order valence-electron chi connectivity index (χ2n) is 9.66. The van der Waals surface area contributed by atoms with Crippen molar-refractivity contribution in [2.75, 3.05) is 92.2 Å². The Labute approximate surface area is 268 Å². The molecule has 0 aromatic heterocycles. The molecule has 2 fully saturated rings. The SMILES string of the molecule is CCO[Si](CCCC(=S)N1CCOCC1)(OCC)OCC.CCO[Si](CCCC(=S)N1CCOCC1)(OCC)OCC. The van der Waals surface area contributed by atoms with Crippen molar-refractivity contribution < 1.29 is 36.0 Å². The van der Waals surface area contributed by atoms with Crippen LogP contribution in [0, 0.1) is 0 Å². The summed E-state index contributed by atoms with van der Waals surface area (Å²) in [6.07, 6.45) is 3.67. The van der Waals surface area contributed by atoms with E-state index in [1.165, 1.54) is 0 Å². The zero-order valence-electron chi connectivity index (χ0n) is 27.1. The van der Waals surface area contributed by atoms with Gasteiger partial charge in [-0.2, -0.15) is 0 Å². The van der Waals surface area contributed by atoms with Crippen LogP contribution in [0.15, 0.2) is 0 Å². The van der Waals surface area contributed by atoms with Gasteiger partial charge in [-0.15, -0.1) is 0 Å². The molecule has 2 rings (SSSR count). The molecule has 0 radical (unpaired) electrons. The van der Waals surface area contributed by atoms with Gasteiger partial charge in [0.25, 0.3) is 0 Å². The Morgan fingerprint density at radius 1 is 0.524 bits per heavy atom. The summed E-state index contributed by atoms with van der Waals surface area (Å²) in [5.41, 5.74) is 0. The molecular formula is C28H58N2O8S2Si2. The lowest BCUT2D eigenvalue weighted by atomic mass is 10.3. The highest BCUT2D eigenvalue weighted by Gasteiger charge is 2.40.